The Morgan fingerprint density at radius 1 is 1.29 bits per heavy atom. The van der Waals surface area contributed by atoms with Gasteiger partial charge in [0.2, 0.25) is 5.91 Å². The molecule has 0 spiro atoms. The average molecular weight is 342 g/mol. The van der Waals surface area contributed by atoms with Gasteiger partial charge in [0.15, 0.2) is 0 Å². The highest BCUT2D eigenvalue weighted by Gasteiger charge is 2.36. The van der Waals surface area contributed by atoms with E-state index in [1.165, 1.54) is 10.4 Å². The van der Waals surface area contributed by atoms with E-state index in [-0.39, 0.29) is 5.91 Å². The Bertz CT molecular complexity index is 736. The lowest BCUT2D eigenvalue weighted by Crippen LogP contribution is -2.61. The van der Waals surface area contributed by atoms with Crippen LogP contribution in [0.3, 0.4) is 0 Å². The highest BCUT2D eigenvalue weighted by Crippen LogP contribution is 2.28. The van der Waals surface area contributed by atoms with Gasteiger partial charge < -0.3 is 9.64 Å². The van der Waals surface area contributed by atoms with Gasteiger partial charge in [-0.15, -0.1) is 11.3 Å². The van der Waals surface area contributed by atoms with Gasteiger partial charge in [0.25, 0.3) is 0 Å². The largest absolute Gasteiger partial charge is 0.496 e. The monoisotopic (exact) mass is 342 g/mol. The summed E-state index contributed by atoms with van der Waals surface area (Å²) in [4.78, 5) is 18.5. The zero-order chi connectivity index (χ0) is 16.5. The van der Waals surface area contributed by atoms with E-state index in [1.54, 1.807) is 7.11 Å². The molecule has 2 aromatic rings. The first-order valence-electron chi connectivity index (χ1n) is 8.43. The summed E-state index contributed by atoms with van der Waals surface area (Å²) >= 11 is 1.87. The van der Waals surface area contributed by atoms with Gasteiger partial charge in [-0.25, -0.2) is 0 Å². The molecule has 1 aromatic carbocycles. The maximum atomic E-state index is 12.5. The van der Waals surface area contributed by atoms with E-state index < -0.39 is 0 Å². The summed E-state index contributed by atoms with van der Waals surface area (Å²) < 4.78 is 5.34. The Morgan fingerprint density at radius 3 is 2.96 bits per heavy atom. The molecule has 1 amide bonds. The molecule has 0 bridgehead atoms. The van der Waals surface area contributed by atoms with Crippen LogP contribution in [0.25, 0.3) is 0 Å². The summed E-state index contributed by atoms with van der Waals surface area (Å²) in [6.45, 7) is 3.87. The third-order valence-electron chi connectivity index (χ3n) is 5.10. The van der Waals surface area contributed by atoms with Gasteiger partial charge in [-0.05, 0) is 29.5 Å². The Labute approximate surface area is 146 Å². The van der Waals surface area contributed by atoms with Gasteiger partial charge in [0.1, 0.15) is 5.75 Å². The lowest BCUT2D eigenvalue weighted by Gasteiger charge is -2.46. The van der Waals surface area contributed by atoms with Crippen LogP contribution in [-0.4, -0.2) is 48.5 Å². The second-order valence-corrected chi connectivity index (χ2v) is 7.53. The summed E-state index contributed by atoms with van der Waals surface area (Å²) in [6, 6.07) is 10.5. The highest BCUT2D eigenvalue weighted by molar-refractivity contribution is 7.10. The minimum absolute atomic E-state index is 0.198. The number of nitrogens with zero attached hydrogens (tertiary/aromatic N) is 2. The lowest BCUT2D eigenvalue weighted by atomic mass is 10.0. The van der Waals surface area contributed by atoms with Crippen molar-refractivity contribution in [2.45, 2.75) is 25.4 Å². The standard InChI is InChI=1S/C19H22N2O2S/c1-23-17-5-3-2-4-14(17)10-19(22)21-12-16(13-21)20-8-6-18-15(11-20)7-9-24-18/h2-5,7,9,16H,6,8,10-13H2,1H3. The van der Waals surface area contributed by atoms with Crippen LogP contribution in [0.1, 0.15) is 16.0 Å². The summed E-state index contributed by atoms with van der Waals surface area (Å²) in [5.74, 6) is 0.993. The van der Waals surface area contributed by atoms with E-state index in [0.717, 1.165) is 43.9 Å². The molecule has 2 aliphatic rings. The second kappa shape index (κ2) is 6.57. The van der Waals surface area contributed by atoms with Crippen molar-refractivity contribution in [3.63, 3.8) is 0 Å². The number of fused-ring (bicyclic) bond motifs is 1. The Hall–Kier alpha value is -1.85. The Kier molecular flexibility index (Phi) is 4.29. The molecule has 24 heavy (non-hydrogen) atoms. The van der Waals surface area contributed by atoms with Crippen molar-refractivity contribution in [1.82, 2.24) is 9.80 Å². The first-order valence-corrected chi connectivity index (χ1v) is 9.31. The number of benzene rings is 1. The molecule has 0 aliphatic carbocycles. The number of methoxy groups -OCH3 is 1. The average Bonchev–Trinajstić information content (AvgIpc) is 3.01. The van der Waals surface area contributed by atoms with E-state index >= 15 is 0 Å². The van der Waals surface area contributed by atoms with Gasteiger partial charge >= 0.3 is 0 Å². The van der Waals surface area contributed by atoms with Crippen molar-refractivity contribution in [2.24, 2.45) is 0 Å². The zero-order valence-electron chi connectivity index (χ0n) is 13.9. The molecule has 0 saturated carbocycles. The molecule has 1 saturated heterocycles. The number of amides is 1. The van der Waals surface area contributed by atoms with Crippen molar-refractivity contribution in [3.05, 3.63) is 51.7 Å². The van der Waals surface area contributed by atoms with E-state index in [9.17, 15) is 4.79 Å². The number of carbonyl (C=O) groups excluding carboxylic acids is 1. The molecule has 4 rings (SSSR count). The van der Waals surface area contributed by atoms with Crippen LogP contribution in [-0.2, 0) is 24.2 Å². The van der Waals surface area contributed by atoms with Gasteiger partial charge in [-0.2, -0.15) is 0 Å². The maximum Gasteiger partial charge on any atom is 0.227 e. The van der Waals surface area contributed by atoms with E-state index in [0.29, 0.717) is 12.5 Å². The van der Waals surface area contributed by atoms with E-state index in [2.05, 4.69) is 16.3 Å². The number of carbonyl (C=O) groups is 1. The molecule has 0 N–H and O–H groups in total. The molecule has 1 aromatic heterocycles. The van der Waals surface area contributed by atoms with Crippen LogP contribution in [0.15, 0.2) is 35.7 Å². The quantitative estimate of drug-likeness (QED) is 0.856. The predicted octanol–water partition coefficient (Wildman–Crippen LogP) is 2.57. The van der Waals surface area contributed by atoms with Crippen LogP contribution in [0.5, 0.6) is 5.75 Å². The lowest BCUT2D eigenvalue weighted by molar-refractivity contribution is -0.138. The molecule has 2 aliphatic heterocycles. The van der Waals surface area contributed by atoms with Crippen molar-refractivity contribution < 1.29 is 9.53 Å². The van der Waals surface area contributed by atoms with Crippen LogP contribution in [0, 0.1) is 0 Å². The first kappa shape index (κ1) is 15.7. The normalized spacial score (nSPS) is 18.1. The van der Waals surface area contributed by atoms with Crippen LogP contribution in [0.2, 0.25) is 0 Å². The number of rotatable bonds is 4. The fraction of sp³-hybridized carbons (Fsp3) is 0.421. The molecular formula is C19H22N2O2S. The van der Waals surface area contributed by atoms with Crippen molar-refractivity contribution >= 4 is 17.2 Å². The summed E-state index contributed by atoms with van der Waals surface area (Å²) in [7, 11) is 1.65. The topological polar surface area (TPSA) is 32.8 Å². The number of para-hydroxylation sites is 1. The highest BCUT2D eigenvalue weighted by atomic mass is 32.1. The molecule has 5 heteroatoms. The number of ether oxygens (including phenoxy) is 1. The fourth-order valence-corrected chi connectivity index (χ4v) is 4.49. The van der Waals surface area contributed by atoms with Gasteiger partial charge in [-0.3, -0.25) is 9.69 Å². The smallest absolute Gasteiger partial charge is 0.227 e. The number of hydrogen-bond acceptors (Lipinski definition) is 4. The Morgan fingerprint density at radius 2 is 2.12 bits per heavy atom. The SMILES string of the molecule is COc1ccccc1CC(=O)N1CC(N2CCc3sccc3C2)C1. The van der Waals surface area contributed by atoms with Crippen LogP contribution >= 0.6 is 11.3 Å². The van der Waals surface area contributed by atoms with Crippen molar-refractivity contribution in [3.8, 4) is 5.75 Å². The first-order chi connectivity index (χ1) is 11.7. The molecule has 1 fully saturated rings. The molecule has 0 atom stereocenters. The zero-order valence-corrected chi connectivity index (χ0v) is 14.7. The minimum atomic E-state index is 0.198. The van der Waals surface area contributed by atoms with Gasteiger partial charge in [0, 0.05) is 42.7 Å². The van der Waals surface area contributed by atoms with Gasteiger partial charge in [-0.1, -0.05) is 18.2 Å². The summed E-state index contributed by atoms with van der Waals surface area (Å²) in [6.07, 6.45) is 1.57. The Balaban J connectivity index is 1.32. The summed E-state index contributed by atoms with van der Waals surface area (Å²) in [5, 5.41) is 2.19. The molecule has 3 heterocycles. The van der Waals surface area contributed by atoms with E-state index in [1.807, 2.05) is 40.5 Å². The van der Waals surface area contributed by atoms with Crippen LogP contribution < -0.4 is 4.74 Å². The third-order valence-corrected chi connectivity index (χ3v) is 6.13. The van der Waals surface area contributed by atoms with Gasteiger partial charge in [0.05, 0.1) is 13.5 Å². The minimum Gasteiger partial charge on any atom is -0.496 e. The predicted molar refractivity (Wildman–Crippen MR) is 95.5 cm³/mol. The maximum absolute atomic E-state index is 12.5. The van der Waals surface area contributed by atoms with Crippen LogP contribution in [0.4, 0.5) is 0 Å². The molecule has 126 valence electrons. The molecular weight excluding hydrogens is 320 g/mol. The number of hydrogen-bond donors (Lipinski definition) is 0. The fourth-order valence-electron chi connectivity index (χ4n) is 3.60. The number of likely N-dealkylation sites (tertiary alicyclic amines) is 1. The van der Waals surface area contributed by atoms with E-state index in [4.69, 9.17) is 4.74 Å². The van der Waals surface area contributed by atoms with Crippen molar-refractivity contribution in [2.75, 3.05) is 26.7 Å². The third kappa shape index (κ3) is 2.94. The van der Waals surface area contributed by atoms with Crippen molar-refractivity contribution in [1.29, 1.82) is 0 Å². The second-order valence-electron chi connectivity index (χ2n) is 6.53. The summed E-state index contributed by atoms with van der Waals surface area (Å²) in [5.41, 5.74) is 2.44. The molecule has 0 radical (unpaired) electrons. The number of thiophene rings is 1. The molecule has 4 nitrogen and oxygen atoms in total. The molecule has 0 unspecified atom stereocenters.